The van der Waals surface area contributed by atoms with E-state index < -0.39 is 0 Å². The molecule has 0 N–H and O–H groups in total. The van der Waals surface area contributed by atoms with Gasteiger partial charge in [-0.2, -0.15) is 0 Å². The van der Waals surface area contributed by atoms with Gasteiger partial charge in [0.05, 0.1) is 5.69 Å². The molecule has 118 valence electrons. The van der Waals surface area contributed by atoms with E-state index in [0.717, 1.165) is 29.4 Å². The van der Waals surface area contributed by atoms with Crippen molar-refractivity contribution in [2.75, 3.05) is 0 Å². The Kier molecular flexibility index (Phi) is 3.28. The number of benzene rings is 1. The van der Waals surface area contributed by atoms with E-state index in [2.05, 4.69) is 35.3 Å². The Balaban J connectivity index is 1.62. The molecule has 1 heterocycles. The Morgan fingerprint density at radius 3 is 2.26 bits per heavy atom. The van der Waals surface area contributed by atoms with Gasteiger partial charge in [-0.1, -0.05) is 18.2 Å². The summed E-state index contributed by atoms with van der Waals surface area (Å²) in [6.07, 6.45) is 12.0. The third kappa shape index (κ3) is 2.41. The van der Waals surface area contributed by atoms with Crippen molar-refractivity contribution < 1.29 is 0 Å². The fourth-order valence-corrected chi connectivity index (χ4v) is 5.61. The molecule has 3 aliphatic rings. The van der Waals surface area contributed by atoms with Crippen molar-refractivity contribution in [2.24, 2.45) is 11.8 Å². The van der Waals surface area contributed by atoms with Gasteiger partial charge in [-0.05, 0) is 97.9 Å². The normalized spacial score (nSPS) is 32.0. The highest BCUT2D eigenvalue weighted by molar-refractivity contribution is 5.61. The largest absolute Gasteiger partial charge is 0.256 e. The lowest BCUT2D eigenvalue weighted by Gasteiger charge is -2.21. The molecule has 2 fully saturated rings. The number of aromatic nitrogens is 1. The maximum atomic E-state index is 4.57. The van der Waals surface area contributed by atoms with Crippen molar-refractivity contribution in [3.05, 3.63) is 53.7 Å². The highest BCUT2D eigenvalue weighted by Gasteiger charge is 2.36. The standard InChI is InChI=1S/C22H25N/c1-2-10-23-22(3-1)19-8-9-20-17-6-4-15(12-17)11-16-5-7-18(13-16)21(20)14-19/h1-3,8-10,14-18H,4-7,11-13H2. The summed E-state index contributed by atoms with van der Waals surface area (Å²) in [4.78, 5) is 4.57. The molecule has 0 amide bonds. The highest BCUT2D eigenvalue weighted by atomic mass is 14.7. The first kappa shape index (κ1) is 13.8. The Morgan fingerprint density at radius 1 is 0.739 bits per heavy atom. The summed E-state index contributed by atoms with van der Waals surface area (Å²) in [6, 6.07) is 13.5. The van der Waals surface area contributed by atoms with Crippen LogP contribution in [0.2, 0.25) is 0 Å². The number of rotatable bonds is 1. The summed E-state index contributed by atoms with van der Waals surface area (Å²) < 4.78 is 0. The first-order valence-corrected chi connectivity index (χ1v) is 9.42. The van der Waals surface area contributed by atoms with Crippen LogP contribution in [0.4, 0.5) is 0 Å². The maximum Gasteiger partial charge on any atom is 0.0702 e. The number of hydrogen-bond acceptors (Lipinski definition) is 1. The summed E-state index contributed by atoms with van der Waals surface area (Å²) in [5.41, 5.74) is 5.78. The van der Waals surface area contributed by atoms with E-state index in [-0.39, 0.29) is 0 Å². The van der Waals surface area contributed by atoms with Crippen LogP contribution in [0.1, 0.15) is 67.9 Å². The molecular formula is C22H25N. The Morgan fingerprint density at radius 2 is 1.52 bits per heavy atom. The second-order valence-corrected chi connectivity index (χ2v) is 8.05. The summed E-state index contributed by atoms with van der Waals surface area (Å²) in [7, 11) is 0. The van der Waals surface area contributed by atoms with Crippen LogP contribution in [0, 0.1) is 11.8 Å². The van der Waals surface area contributed by atoms with E-state index in [0.29, 0.717) is 0 Å². The lowest BCUT2D eigenvalue weighted by Crippen LogP contribution is -2.03. The first-order chi connectivity index (χ1) is 11.4. The molecule has 1 heteroatoms. The molecule has 4 unspecified atom stereocenters. The van der Waals surface area contributed by atoms with Gasteiger partial charge in [0.15, 0.2) is 0 Å². The minimum atomic E-state index is 0.804. The lowest BCUT2D eigenvalue weighted by atomic mass is 9.84. The second-order valence-electron chi connectivity index (χ2n) is 8.05. The quantitative estimate of drug-likeness (QED) is 0.637. The number of hydrogen-bond donors (Lipinski definition) is 0. The summed E-state index contributed by atoms with van der Waals surface area (Å²) >= 11 is 0. The second kappa shape index (κ2) is 5.47. The molecule has 1 aromatic carbocycles. The molecule has 0 aliphatic heterocycles. The molecule has 1 nitrogen and oxygen atoms in total. The van der Waals surface area contributed by atoms with Crippen LogP contribution < -0.4 is 0 Å². The third-order valence-electron chi connectivity index (χ3n) is 6.68. The van der Waals surface area contributed by atoms with Gasteiger partial charge in [-0.25, -0.2) is 0 Å². The minimum Gasteiger partial charge on any atom is -0.256 e. The summed E-state index contributed by atoms with van der Waals surface area (Å²) in [6.45, 7) is 0. The van der Waals surface area contributed by atoms with Gasteiger partial charge in [-0.3, -0.25) is 4.98 Å². The summed E-state index contributed by atoms with van der Waals surface area (Å²) in [5.74, 6) is 3.63. The monoisotopic (exact) mass is 303 g/mol. The van der Waals surface area contributed by atoms with E-state index in [4.69, 9.17) is 0 Å². The maximum absolute atomic E-state index is 4.57. The molecule has 2 aromatic rings. The van der Waals surface area contributed by atoms with Crippen LogP contribution in [-0.2, 0) is 0 Å². The molecule has 5 rings (SSSR count). The zero-order chi connectivity index (χ0) is 15.2. The van der Waals surface area contributed by atoms with Crippen molar-refractivity contribution in [3.63, 3.8) is 0 Å². The predicted octanol–water partition coefficient (Wildman–Crippen LogP) is 5.92. The average Bonchev–Trinajstić information content (AvgIpc) is 3.26. The molecule has 4 bridgehead atoms. The van der Waals surface area contributed by atoms with Gasteiger partial charge in [0.1, 0.15) is 0 Å². The van der Waals surface area contributed by atoms with Gasteiger partial charge < -0.3 is 0 Å². The molecule has 23 heavy (non-hydrogen) atoms. The van der Waals surface area contributed by atoms with Gasteiger partial charge in [0, 0.05) is 11.8 Å². The number of pyridine rings is 1. The average molecular weight is 303 g/mol. The molecule has 0 radical (unpaired) electrons. The van der Waals surface area contributed by atoms with E-state index in [1.165, 1.54) is 50.5 Å². The Bertz CT molecular complexity index is 705. The smallest absolute Gasteiger partial charge is 0.0702 e. The molecule has 2 saturated carbocycles. The fourth-order valence-electron chi connectivity index (χ4n) is 5.61. The lowest BCUT2D eigenvalue weighted by molar-refractivity contribution is 0.378. The zero-order valence-corrected chi connectivity index (χ0v) is 13.7. The van der Waals surface area contributed by atoms with Gasteiger partial charge in [0.2, 0.25) is 0 Å². The van der Waals surface area contributed by atoms with Crippen LogP contribution in [0.25, 0.3) is 11.3 Å². The SMILES string of the molecule is c1ccc(-c2ccc3c(c2)C2CCC(CC4CCC3C4)C2)nc1. The Hall–Kier alpha value is -1.63. The van der Waals surface area contributed by atoms with Crippen molar-refractivity contribution in [1.29, 1.82) is 0 Å². The van der Waals surface area contributed by atoms with Crippen molar-refractivity contribution in [3.8, 4) is 11.3 Å². The van der Waals surface area contributed by atoms with E-state index in [1.807, 2.05) is 12.3 Å². The predicted molar refractivity (Wildman–Crippen MR) is 94.5 cm³/mol. The number of nitrogens with zero attached hydrogens (tertiary/aromatic N) is 1. The van der Waals surface area contributed by atoms with Gasteiger partial charge >= 0.3 is 0 Å². The molecule has 1 aromatic heterocycles. The zero-order valence-electron chi connectivity index (χ0n) is 13.7. The highest BCUT2D eigenvalue weighted by Crippen LogP contribution is 2.51. The van der Waals surface area contributed by atoms with E-state index >= 15 is 0 Å². The van der Waals surface area contributed by atoms with Gasteiger partial charge in [-0.15, -0.1) is 0 Å². The molecule has 0 spiro atoms. The van der Waals surface area contributed by atoms with Crippen molar-refractivity contribution in [2.45, 2.75) is 56.8 Å². The van der Waals surface area contributed by atoms with Crippen molar-refractivity contribution >= 4 is 0 Å². The van der Waals surface area contributed by atoms with Crippen LogP contribution in [0.5, 0.6) is 0 Å². The summed E-state index contributed by atoms with van der Waals surface area (Å²) in [5, 5.41) is 0. The first-order valence-electron chi connectivity index (χ1n) is 9.42. The van der Waals surface area contributed by atoms with Crippen LogP contribution in [0.15, 0.2) is 42.6 Å². The Labute approximate surface area is 139 Å². The van der Waals surface area contributed by atoms with Crippen molar-refractivity contribution in [1.82, 2.24) is 4.98 Å². The van der Waals surface area contributed by atoms with Crippen LogP contribution >= 0.6 is 0 Å². The molecular weight excluding hydrogens is 278 g/mol. The third-order valence-corrected chi connectivity index (χ3v) is 6.68. The number of fused-ring (bicyclic) bond motifs is 7. The van der Waals surface area contributed by atoms with E-state index in [1.54, 1.807) is 11.1 Å². The molecule has 3 aliphatic carbocycles. The molecule has 0 saturated heterocycles. The molecule has 4 atom stereocenters. The van der Waals surface area contributed by atoms with Gasteiger partial charge in [0.25, 0.3) is 0 Å². The van der Waals surface area contributed by atoms with Crippen LogP contribution in [-0.4, -0.2) is 4.98 Å². The van der Waals surface area contributed by atoms with Crippen LogP contribution in [0.3, 0.4) is 0 Å². The van der Waals surface area contributed by atoms with E-state index in [9.17, 15) is 0 Å². The topological polar surface area (TPSA) is 12.9 Å². The fraction of sp³-hybridized carbons (Fsp3) is 0.500. The minimum absolute atomic E-state index is 0.804.